The summed E-state index contributed by atoms with van der Waals surface area (Å²) in [6.07, 6.45) is -0.164. The van der Waals surface area contributed by atoms with Gasteiger partial charge in [-0.3, -0.25) is 9.59 Å². The smallest absolute Gasteiger partial charge is 0.305 e. The van der Waals surface area contributed by atoms with Crippen molar-refractivity contribution in [2.75, 3.05) is 0 Å². The number of carbonyl (C=O) groups excluding carboxylic acids is 1. The standard InChI is InChI=1S/C12H11NO3S2/c14-10(15)6-9-11(16)13-12(18-9)17-7-8-4-2-1-3-5-8/h1-5,9H,6-7H2,(H,14,15)/t9-/m1/s1. The van der Waals surface area contributed by atoms with Gasteiger partial charge in [-0.1, -0.05) is 53.9 Å². The van der Waals surface area contributed by atoms with Crippen LogP contribution in [0.2, 0.25) is 0 Å². The Bertz CT molecular complexity index is 487. The number of rotatable bonds is 4. The zero-order chi connectivity index (χ0) is 13.0. The highest BCUT2D eigenvalue weighted by Gasteiger charge is 2.30. The molecule has 0 unspecified atom stereocenters. The Balaban J connectivity index is 1.87. The Morgan fingerprint density at radius 2 is 2.11 bits per heavy atom. The number of amides is 1. The molecule has 6 heteroatoms. The number of thioether (sulfide) groups is 2. The van der Waals surface area contributed by atoms with Gasteiger partial charge in [-0.15, -0.1) is 0 Å². The van der Waals surface area contributed by atoms with Crippen LogP contribution in [0.1, 0.15) is 12.0 Å². The lowest BCUT2D eigenvalue weighted by Crippen LogP contribution is -2.15. The molecule has 0 saturated heterocycles. The molecule has 0 saturated carbocycles. The van der Waals surface area contributed by atoms with Crippen LogP contribution >= 0.6 is 23.5 Å². The number of hydrogen-bond donors (Lipinski definition) is 1. The third kappa shape index (κ3) is 3.61. The normalized spacial score (nSPS) is 18.8. The summed E-state index contributed by atoms with van der Waals surface area (Å²) in [5.74, 6) is -0.567. The Morgan fingerprint density at radius 3 is 2.78 bits per heavy atom. The largest absolute Gasteiger partial charge is 0.481 e. The second kappa shape index (κ2) is 6.06. The van der Waals surface area contributed by atoms with Crippen LogP contribution in [0.15, 0.2) is 35.3 Å². The first-order valence-corrected chi connectivity index (χ1v) is 7.19. The minimum atomic E-state index is -0.967. The van der Waals surface area contributed by atoms with E-state index in [-0.39, 0.29) is 12.3 Å². The zero-order valence-corrected chi connectivity index (χ0v) is 11.0. The first kappa shape index (κ1) is 13.2. The average molecular weight is 281 g/mol. The lowest BCUT2D eigenvalue weighted by atomic mass is 10.2. The van der Waals surface area contributed by atoms with Crippen molar-refractivity contribution < 1.29 is 14.7 Å². The highest BCUT2D eigenvalue weighted by atomic mass is 32.2. The van der Waals surface area contributed by atoms with E-state index < -0.39 is 11.2 Å². The molecule has 0 fully saturated rings. The van der Waals surface area contributed by atoms with Crippen LogP contribution in [-0.4, -0.2) is 26.6 Å². The van der Waals surface area contributed by atoms with Gasteiger partial charge in [0.25, 0.3) is 5.91 Å². The minimum absolute atomic E-state index is 0.164. The maximum atomic E-state index is 11.4. The molecule has 1 aromatic rings. The van der Waals surface area contributed by atoms with Gasteiger partial charge in [-0.2, -0.15) is 4.99 Å². The third-order valence-corrected chi connectivity index (χ3v) is 4.69. The van der Waals surface area contributed by atoms with Crippen LogP contribution in [0.5, 0.6) is 0 Å². The number of carboxylic acid groups (broad SMARTS) is 1. The van der Waals surface area contributed by atoms with Gasteiger partial charge >= 0.3 is 5.97 Å². The van der Waals surface area contributed by atoms with Gasteiger partial charge in [0, 0.05) is 5.75 Å². The Kier molecular flexibility index (Phi) is 4.43. The number of nitrogens with zero attached hydrogens (tertiary/aromatic N) is 1. The van der Waals surface area contributed by atoms with Crippen LogP contribution in [0.4, 0.5) is 0 Å². The molecule has 18 heavy (non-hydrogen) atoms. The number of hydrogen-bond acceptors (Lipinski definition) is 4. The fourth-order valence-corrected chi connectivity index (χ4v) is 3.63. The molecule has 1 heterocycles. The number of aliphatic carboxylic acids is 1. The molecular formula is C12H11NO3S2. The fourth-order valence-electron chi connectivity index (χ4n) is 1.43. The fraction of sp³-hybridized carbons (Fsp3) is 0.250. The van der Waals surface area contributed by atoms with Crippen molar-refractivity contribution in [2.24, 2.45) is 4.99 Å². The highest BCUT2D eigenvalue weighted by Crippen LogP contribution is 2.32. The van der Waals surface area contributed by atoms with Crippen molar-refractivity contribution in [3.05, 3.63) is 35.9 Å². The maximum absolute atomic E-state index is 11.4. The van der Waals surface area contributed by atoms with Crippen LogP contribution in [-0.2, 0) is 15.3 Å². The summed E-state index contributed by atoms with van der Waals surface area (Å²) < 4.78 is 0.662. The second-order valence-corrected chi connectivity index (χ2v) is 6.11. The van der Waals surface area contributed by atoms with E-state index in [4.69, 9.17) is 5.11 Å². The molecule has 1 aliphatic rings. The molecule has 0 bridgehead atoms. The molecule has 0 aliphatic carbocycles. The molecule has 1 N–H and O–H groups in total. The van der Waals surface area contributed by atoms with E-state index in [9.17, 15) is 9.59 Å². The van der Waals surface area contributed by atoms with E-state index in [0.29, 0.717) is 4.38 Å². The minimum Gasteiger partial charge on any atom is -0.481 e. The summed E-state index contributed by atoms with van der Waals surface area (Å²) >= 11 is 2.72. The lowest BCUT2D eigenvalue weighted by molar-refractivity contribution is -0.138. The molecule has 1 atom stereocenters. The van der Waals surface area contributed by atoms with Crippen molar-refractivity contribution in [2.45, 2.75) is 17.4 Å². The predicted octanol–water partition coefficient (Wildman–Crippen LogP) is 2.39. The van der Waals surface area contributed by atoms with E-state index in [0.717, 1.165) is 11.3 Å². The summed E-state index contributed by atoms with van der Waals surface area (Å²) in [4.78, 5) is 25.9. The molecule has 94 valence electrons. The second-order valence-electron chi connectivity index (χ2n) is 3.69. The Morgan fingerprint density at radius 1 is 1.39 bits per heavy atom. The predicted molar refractivity (Wildman–Crippen MR) is 73.8 cm³/mol. The maximum Gasteiger partial charge on any atom is 0.305 e. The summed E-state index contributed by atoms with van der Waals surface area (Å²) in [5, 5.41) is 8.11. The van der Waals surface area contributed by atoms with Crippen molar-refractivity contribution >= 4 is 39.8 Å². The molecule has 0 aromatic heterocycles. The van der Waals surface area contributed by atoms with E-state index in [1.165, 1.54) is 23.5 Å². The molecule has 1 amide bonds. The van der Waals surface area contributed by atoms with Crippen molar-refractivity contribution in [3.63, 3.8) is 0 Å². The van der Waals surface area contributed by atoms with Gasteiger partial charge in [0.1, 0.15) is 9.63 Å². The molecule has 0 radical (unpaired) electrons. The zero-order valence-electron chi connectivity index (χ0n) is 9.41. The van der Waals surface area contributed by atoms with Gasteiger partial charge in [0.15, 0.2) is 0 Å². The number of aliphatic imine (C=N–C) groups is 1. The number of carboxylic acids is 1. The van der Waals surface area contributed by atoms with Crippen molar-refractivity contribution in [1.29, 1.82) is 0 Å². The first-order valence-electron chi connectivity index (χ1n) is 5.33. The first-order chi connectivity index (χ1) is 8.65. The van der Waals surface area contributed by atoms with Crippen LogP contribution in [0.3, 0.4) is 0 Å². The number of benzene rings is 1. The average Bonchev–Trinajstić information content (AvgIpc) is 2.68. The van der Waals surface area contributed by atoms with Crippen molar-refractivity contribution in [3.8, 4) is 0 Å². The Hall–Kier alpha value is -1.27. The quantitative estimate of drug-likeness (QED) is 0.918. The van der Waals surface area contributed by atoms with E-state index >= 15 is 0 Å². The van der Waals surface area contributed by atoms with Crippen LogP contribution in [0, 0.1) is 0 Å². The Labute approximate surface area is 113 Å². The summed E-state index contributed by atoms with van der Waals surface area (Å²) in [5.41, 5.74) is 1.15. The SMILES string of the molecule is O=C(O)C[C@H]1SC(SCc2ccccc2)=NC1=O. The van der Waals surface area contributed by atoms with Crippen LogP contribution in [0.25, 0.3) is 0 Å². The topological polar surface area (TPSA) is 66.7 Å². The number of carbonyl (C=O) groups is 2. The molecule has 1 aliphatic heterocycles. The van der Waals surface area contributed by atoms with Gasteiger partial charge in [-0.25, -0.2) is 0 Å². The summed E-state index contributed by atoms with van der Waals surface area (Å²) in [6.45, 7) is 0. The van der Waals surface area contributed by atoms with Gasteiger partial charge in [0.2, 0.25) is 0 Å². The van der Waals surface area contributed by atoms with Gasteiger partial charge in [0.05, 0.1) is 6.42 Å². The van der Waals surface area contributed by atoms with Crippen LogP contribution < -0.4 is 0 Å². The third-order valence-electron chi connectivity index (χ3n) is 2.29. The molecule has 0 spiro atoms. The molecule has 4 nitrogen and oxygen atoms in total. The van der Waals surface area contributed by atoms with Crippen molar-refractivity contribution in [1.82, 2.24) is 0 Å². The van der Waals surface area contributed by atoms with E-state index in [1.54, 1.807) is 0 Å². The summed E-state index contributed by atoms with van der Waals surface area (Å²) in [7, 11) is 0. The van der Waals surface area contributed by atoms with Gasteiger partial charge < -0.3 is 5.11 Å². The lowest BCUT2D eigenvalue weighted by Gasteiger charge is -2.03. The van der Waals surface area contributed by atoms with Gasteiger partial charge in [-0.05, 0) is 5.56 Å². The monoisotopic (exact) mass is 281 g/mol. The molecule has 2 rings (SSSR count). The molecular weight excluding hydrogens is 270 g/mol. The molecule has 1 aromatic carbocycles. The highest BCUT2D eigenvalue weighted by molar-refractivity contribution is 8.39. The van der Waals surface area contributed by atoms with E-state index in [2.05, 4.69) is 4.99 Å². The summed E-state index contributed by atoms with van der Waals surface area (Å²) in [6, 6.07) is 9.87. The van der Waals surface area contributed by atoms with E-state index in [1.807, 2.05) is 30.3 Å².